The Morgan fingerprint density at radius 3 is 1.18 bits per heavy atom. The third kappa shape index (κ3) is 4.47. The van der Waals surface area contributed by atoms with Crippen LogP contribution in [-0.2, 0) is 12.8 Å². The minimum absolute atomic E-state index is 0.669. The molecule has 22 heavy (non-hydrogen) atoms. The van der Waals surface area contributed by atoms with Crippen molar-refractivity contribution in [1.82, 2.24) is 0 Å². The Kier molecular flexibility index (Phi) is 6.24. The predicted octanol–water partition coefficient (Wildman–Crippen LogP) is 6.50. The molecule has 2 atom stereocenters. The molecule has 118 valence electrons. The largest absolute Gasteiger partial charge is 0.0648 e. The van der Waals surface area contributed by atoms with Crippen molar-refractivity contribution in [3.8, 4) is 0 Å². The summed E-state index contributed by atoms with van der Waals surface area (Å²) >= 11 is 0. The highest BCUT2D eigenvalue weighted by Crippen LogP contribution is 2.21. The molecule has 0 saturated heterocycles. The molecule has 0 aliphatic rings. The molecule has 0 heterocycles. The van der Waals surface area contributed by atoms with Crippen LogP contribution in [0.25, 0.3) is 0 Å². The van der Waals surface area contributed by atoms with E-state index >= 15 is 0 Å². The van der Waals surface area contributed by atoms with Crippen LogP contribution in [0.4, 0.5) is 0 Å². The Hall–Kier alpha value is -1.56. The van der Waals surface area contributed by atoms with E-state index in [4.69, 9.17) is 0 Å². The van der Waals surface area contributed by atoms with Gasteiger partial charge in [0, 0.05) is 0 Å². The maximum Gasteiger partial charge on any atom is -0.0193 e. The van der Waals surface area contributed by atoms with Gasteiger partial charge in [-0.3, -0.25) is 0 Å². The molecular weight excluding hydrogens is 264 g/mol. The van der Waals surface area contributed by atoms with Gasteiger partial charge in [0.15, 0.2) is 0 Å². The van der Waals surface area contributed by atoms with E-state index in [2.05, 4.69) is 76.2 Å². The zero-order valence-corrected chi connectivity index (χ0v) is 14.6. The van der Waals surface area contributed by atoms with Crippen LogP contribution in [0.2, 0.25) is 0 Å². The third-order valence-corrected chi connectivity index (χ3v) is 5.02. The van der Waals surface area contributed by atoms with E-state index in [-0.39, 0.29) is 0 Å². The average Bonchev–Trinajstić information content (AvgIpc) is 2.59. The molecule has 0 amide bonds. The Bertz CT molecular complexity index is 494. The van der Waals surface area contributed by atoms with Crippen LogP contribution in [-0.4, -0.2) is 0 Å². The highest BCUT2D eigenvalue weighted by molar-refractivity contribution is 5.28. The average molecular weight is 294 g/mol. The van der Waals surface area contributed by atoms with Crippen LogP contribution < -0.4 is 0 Å². The molecule has 0 heteroatoms. The second-order valence-electron chi connectivity index (χ2n) is 6.60. The normalized spacial score (nSPS) is 13.8. The quantitative estimate of drug-likeness (QED) is 0.547. The van der Waals surface area contributed by atoms with Crippen LogP contribution in [0.1, 0.15) is 74.6 Å². The zero-order chi connectivity index (χ0) is 15.9. The summed E-state index contributed by atoms with van der Waals surface area (Å²) in [7, 11) is 0. The molecule has 0 bridgehead atoms. The summed E-state index contributed by atoms with van der Waals surface area (Å²) in [5.41, 5.74) is 5.81. The van der Waals surface area contributed by atoms with Gasteiger partial charge in [0.1, 0.15) is 0 Å². The van der Waals surface area contributed by atoms with Crippen LogP contribution in [0.3, 0.4) is 0 Å². The second kappa shape index (κ2) is 8.17. The summed E-state index contributed by atoms with van der Waals surface area (Å²) in [5, 5.41) is 0. The van der Waals surface area contributed by atoms with Gasteiger partial charge in [0.05, 0.1) is 0 Å². The molecule has 0 aromatic heterocycles. The van der Waals surface area contributed by atoms with E-state index in [1.807, 2.05) is 0 Å². The zero-order valence-electron chi connectivity index (χ0n) is 14.6. The fraction of sp³-hybridized carbons (Fsp3) is 0.455. The molecule has 0 spiro atoms. The van der Waals surface area contributed by atoms with Gasteiger partial charge >= 0.3 is 0 Å². The van der Waals surface area contributed by atoms with E-state index in [0.717, 1.165) is 12.8 Å². The first-order chi connectivity index (χ1) is 10.6. The minimum Gasteiger partial charge on any atom is -0.0648 e. The van der Waals surface area contributed by atoms with Gasteiger partial charge in [-0.25, -0.2) is 0 Å². The Morgan fingerprint density at radius 2 is 0.909 bits per heavy atom. The topological polar surface area (TPSA) is 0 Å². The summed E-state index contributed by atoms with van der Waals surface area (Å²) in [4.78, 5) is 0. The van der Waals surface area contributed by atoms with Crippen LogP contribution in [0.5, 0.6) is 0 Å². The Labute approximate surface area is 136 Å². The molecule has 0 saturated carbocycles. The van der Waals surface area contributed by atoms with Crippen molar-refractivity contribution in [2.24, 2.45) is 0 Å². The van der Waals surface area contributed by atoms with E-state index in [1.54, 1.807) is 0 Å². The molecule has 2 aromatic rings. The molecule has 2 aromatic carbocycles. The van der Waals surface area contributed by atoms with Gasteiger partial charge in [-0.1, -0.05) is 76.2 Å². The number of hydrogen-bond donors (Lipinski definition) is 0. The lowest BCUT2D eigenvalue weighted by Gasteiger charge is -2.11. The minimum atomic E-state index is 0.669. The first-order valence-electron chi connectivity index (χ1n) is 8.81. The van der Waals surface area contributed by atoms with Gasteiger partial charge in [-0.05, 0) is 59.8 Å². The van der Waals surface area contributed by atoms with Gasteiger partial charge in [-0.15, -0.1) is 0 Å². The summed E-state index contributed by atoms with van der Waals surface area (Å²) < 4.78 is 0. The first kappa shape index (κ1) is 16.8. The molecule has 2 unspecified atom stereocenters. The van der Waals surface area contributed by atoms with Gasteiger partial charge in [0.25, 0.3) is 0 Å². The van der Waals surface area contributed by atoms with Gasteiger partial charge < -0.3 is 0 Å². The molecule has 0 aliphatic carbocycles. The van der Waals surface area contributed by atoms with E-state index in [9.17, 15) is 0 Å². The van der Waals surface area contributed by atoms with Crippen LogP contribution in [0, 0.1) is 0 Å². The lowest BCUT2D eigenvalue weighted by Crippen LogP contribution is -1.95. The van der Waals surface area contributed by atoms with Crippen LogP contribution in [0.15, 0.2) is 48.5 Å². The molecule has 0 nitrogen and oxygen atoms in total. The second-order valence-corrected chi connectivity index (χ2v) is 6.60. The van der Waals surface area contributed by atoms with Crippen molar-refractivity contribution in [1.29, 1.82) is 0 Å². The first-order valence-corrected chi connectivity index (χ1v) is 8.81. The summed E-state index contributed by atoms with van der Waals surface area (Å²) in [5.74, 6) is 1.34. The van der Waals surface area contributed by atoms with E-state index in [1.165, 1.54) is 35.1 Å². The van der Waals surface area contributed by atoms with Crippen molar-refractivity contribution >= 4 is 0 Å². The van der Waals surface area contributed by atoms with Crippen molar-refractivity contribution in [3.05, 3.63) is 70.8 Å². The van der Waals surface area contributed by atoms with Crippen molar-refractivity contribution in [3.63, 3.8) is 0 Å². The maximum absolute atomic E-state index is 2.30. The highest BCUT2D eigenvalue weighted by Gasteiger charge is 2.04. The number of aryl methyl sites for hydroxylation is 2. The van der Waals surface area contributed by atoms with E-state index < -0.39 is 0 Å². The molecule has 0 radical (unpaired) electrons. The third-order valence-electron chi connectivity index (χ3n) is 5.02. The summed E-state index contributed by atoms with van der Waals surface area (Å²) in [6.07, 6.45) is 4.68. The molecule has 0 fully saturated rings. The Morgan fingerprint density at radius 1 is 0.591 bits per heavy atom. The van der Waals surface area contributed by atoms with Crippen LogP contribution >= 0.6 is 0 Å². The smallest absolute Gasteiger partial charge is 0.0193 e. The maximum atomic E-state index is 2.30. The standard InChI is InChI=1S/C22H30/c1-5-17(3)21-13-9-19(10-14-21)7-8-20-11-15-22(16-12-20)18(4)6-2/h9-18H,5-8H2,1-4H3. The van der Waals surface area contributed by atoms with Gasteiger partial charge in [0.2, 0.25) is 0 Å². The fourth-order valence-corrected chi connectivity index (χ4v) is 2.79. The monoisotopic (exact) mass is 294 g/mol. The van der Waals surface area contributed by atoms with Crippen molar-refractivity contribution in [2.45, 2.75) is 65.2 Å². The molecule has 2 rings (SSSR count). The molecular formula is C22H30. The summed E-state index contributed by atoms with van der Waals surface area (Å²) in [6, 6.07) is 18.4. The van der Waals surface area contributed by atoms with Crippen molar-refractivity contribution < 1.29 is 0 Å². The summed E-state index contributed by atoms with van der Waals surface area (Å²) in [6.45, 7) is 9.10. The molecule has 0 N–H and O–H groups in total. The predicted molar refractivity (Wildman–Crippen MR) is 97.7 cm³/mol. The van der Waals surface area contributed by atoms with Gasteiger partial charge in [-0.2, -0.15) is 0 Å². The SMILES string of the molecule is CCC(C)c1ccc(CCc2ccc(C(C)CC)cc2)cc1. The fourth-order valence-electron chi connectivity index (χ4n) is 2.79. The van der Waals surface area contributed by atoms with Crippen molar-refractivity contribution in [2.75, 3.05) is 0 Å². The highest BCUT2D eigenvalue weighted by atomic mass is 14.1. The number of rotatable bonds is 7. The lowest BCUT2D eigenvalue weighted by molar-refractivity contribution is 0.732. The Balaban J connectivity index is 1.92. The lowest BCUT2D eigenvalue weighted by atomic mass is 9.95. The molecule has 0 aliphatic heterocycles. The number of hydrogen-bond acceptors (Lipinski definition) is 0. The number of benzene rings is 2. The van der Waals surface area contributed by atoms with E-state index in [0.29, 0.717) is 11.8 Å².